The molecule has 3 aromatic heterocycles. The lowest BCUT2D eigenvalue weighted by atomic mass is 10.2. The van der Waals surface area contributed by atoms with Gasteiger partial charge in [-0.2, -0.15) is 10.1 Å². The number of aryl methyl sites for hydroxylation is 2. The number of non-ortho nitro benzene ring substituents is 1. The second-order valence-corrected chi connectivity index (χ2v) is 6.66. The number of nitro groups is 1. The first-order valence-electron chi connectivity index (χ1n) is 9.34. The number of anilines is 1. The van der Waals surface area contributed by atoms with Crippen molar-refractivity contribution in [3.63, 3.8) is 0 Å². The number of nitrogens with zero attached hydrogens (tertiary/aromatic N) is 6. The van der Waals surface area contributed by atoms with Crippen molar-refractivity contribution in [3.8, 4) is 17.1 Å². The zero-order valence-electron chi connectivity index (χ0n) is 16.4. The van der Waals surface area contributed by atoms with Crippen molar-refractivity contribution in [2.75, 3.05) is 5.32 Å². The minimum absolute atomic E-state index is 0.0246. The van der Waals surface area contributed by atoms with E-state index in [1.54, 1.807) is 43.6 Å². The average Bonchev–Trinajstić information content (AvgIpc) is 3.39. The highest BCUT2D eigenvalue weighted by atomic mass is 16.6. The van der Waals surface area contributed by atoms with Gasteiger partial charge in [0.2, 0.25) is 17.6 Å². The first-order chi connectivity index (χ1) is 15.0. The van der Waals surface area contributed by atoms with Crippen molar-refractivity contribution >= 4 is 17.4 Å². The molecule has 0 bridgehead atoms. The Labute approximate surface area is 175 Å². The molecule has 1 amide bonds. The SMILES string of the molecule is Cc1cc(NC(=O)CCc2nc(-c3cccnc3)no2)n(-c2ccc([N+](=O)[O-])cc2)n1. The molecule has 4 rings (SSSR count). The first-order valence-corrected chi connectivity index (χ1v) is 9.34. The molecule has 1 N–H and O–H groups in total. The third-order valence-electron chi connectivity index (χ3n) is 4.36. The number of rotatable bonds is 7. The molecule has 1 aromatic carbocycles. The minimum atomic E-state index is -0.474. The highest BCUT2D eigenvalue weighted by molar-refractivity contribution is 5.90. The maximum absolute atomic E-state index is 12.5. The summed E-state index contributed by atoms with van der Waals surface area (Å²) in [5.74, 6) is 0.951. The van der Waals surface area contributed by atoms with E-state index < -0.39 is 4.92 Å². The topological polar surface area (TPSA) is 142 Å². The third kappa shape index (κ3) is 4.61. The Hall–Kier alpha value is -4.41. The zero-order chi connectivity index (χ0) is 21.8. The van der Waals surface area contributed by atoms with Crippen molar-refractivity contribution in [2.45, 2.75) is 19.8 Å². The molecule has 31 heavy (non-hydrogen) atoms. The van der Waals surface area contributed by atoms with E-state index in [-0.39, 0.29) is 24.4 Å². The number of benzene rings is 1. The largest absolute Gasteiger partial charge is 0.339 e. The second kappa shape index (κ2) is 8.53. The van der Waals surface area contributed by atoms with E-state index in [0.717, 1.165) is 5.56 Å². The highest BCUT2D eigenvalue weighted by Gasteiger charge is 2.15. The predicted octanol–water partition coefficient (Wildman–Crippen LogP) is 3.11. The Morgan fingerprint density at radius 1 is 1.26 bits per heavy atom. The fourth-order valence-corrected chi connectivity index (χ4v) is 2.90. The van der Waals surface area contributed by atoms with Crippen LogP contribution in [0, 0.1) is 17.0 Å². The fourth-order valence-electron chi connectivity index (χ4n) is 2.90. The summed E-state index contributed by atoms with van der Waals surface area (Å²) in [5.41, 5.74) is 1.98. The first kappa shape index (κ1) is 19.9. The molecule has 0 saturated heterocycles. The molecular weight excluding hydrogens is 402 g/mol. The van der Waals surface area contributed by atoms with Crippen molar-refractivity contribution in [2.24, 2.45) is 0 Å². The summed E-state index contributed by atoms with van der Waals surface area (Å²) in [7, 11) is 0. The van der Waals surface area contributed by atoms with Crippen LogP contribution in [0.4, 0.5) is 11.5 Å². The summed E-state index contributed by atoms with van der Waals surface area (Å²) in [6.45, 7) is 1.79. The van der Waals surface area contributed by atoms with E-state index in [1.807, 2.05) is 6.07 Å². The van der Waals surface area contributed by atoms with Crippen LogP contribution in [0.5, 0.6) is 0 Å². The number of hydrogen-bond donors (Lipinski definition) is 1. The standard InChI is InChI=1S/C20H17N7O4/c1-13-11-17(26(24-13)15-4-6-16(7-5-15)27(29)30)22-18(28)8-9-19-23-20(25-31-19)14-3-2-10-21-12-14/h2-7,10-12H,8-9H2,1H3,(H,22,28). The Balaban J connectivity index is 1.41. The Morgan fingerprint density at radius 3 is 2.77 bits per heavy atom. The van der Waals surface area contributed by atoms with E-state index in [9.17, 15) is 14.9 Å². The van der Waals surface area contributed by atoms with Crippen LogP contribution in [-0.4, -0.2) is 35.7 Å². The maximum Gasteiger partial charge on any atom is 0.269 e. The van der Waals surface area contributed by atoms with Gasteiger partial charge in [-0.3, -0.25) is 19.9 Å². The van der Waals surface area contributed by atoms with Gasteiger partial charge in [-0.05, 0) is 31.2 Å². The van der Waals surface area contributed by atoms with Gasteiger partial charge in [0.15, 0.2) is 0 Å². The monoisotopic (exact) mass is 419 g/mol. The summed E-state index contributed by atoms with van der Waals surface area (Å²) >= 11 is 0. The number of pyridine rings is 1. The van der Waals surface area contributed by atoms with E-state index >= 15 is 0 Å². The molecule has 4 aromatic rings. The van der Waals surface area contributed by atoms with Crippen LogP contribution in [0.25, 0.3) is 17.1 Å². The second-order valence-electron chi connectivity index (χ2n) is 6.66. The molecule has 156 valence electrons. The Kier molecular flexibility index (Phi) is 5.47. The van der Waals surface area contributed by atoms with E-state index in [0.29, 0.717) is 28.9 Å². The number of carbonyl (C=O) groups excluding carboxylic acids is 1. The minimum Gasteiger partial charge on any atom is -0.339 e. The van der Waals surface area contributed by atoms with Crippen molar-refractivity contribution in [1.82, 2.24) is 24.9 Å². The normalized spacial score (nSPS) is 10.7. The number of carbonyl (C=O) groups is 1. The molecule has 0 aliphatic rings. The van der Waals surface area contributed by atoms with Crippen LogP contribution in [-0.2, 0) is 11.2 Å². The van der Waals surface area contributed by atoms with Crippen LogP contribution in [0.15, 0.2) is 59.4 Å². The number of hydrogen-bond acceptors (Lipinski definition) is 8. The molecule has 0 fully saturated rings. The molecule has 11 nitrogen and oxygen atoms in total. The van der Waals surface area contributed by atoms with Gasteiger partial charge in [0, 0.05) is 49.0 Å². The Morgan fingerprint density at radius 2 is 2.06 bits per heavy atom. The van der Waals surface area contributed by atoms with E-state index in [1.165, 1.54) is 16.8 Å². The fraction of sp³-hybridized carbons (Fsp3) is 0.150. The quantitative estimate of drug-likeness (QED) is 0.356. The smallest absolute Gasteiger partial charge is 0.269 e. The molecule has 0 saturated carbocycles. The summed E-state index contributed by atoms with van der Waals surface area (Å²) in [5, 5.41) is 21.9. The van der Waals surface area contributed by atoms with Crippen LogP contribution in [0.2, 0.25) is 0 Å². The molecule has 0 aliphatic heterocycles. The van der Waals surface area contributed by atoms with Gasteiger partial charge in [0.1, 0.15) is 5.82 Å². The van der Waals surface area contributed by atoms with Crippen molar-refractivity contribution in [3.05, 3.63) is 76.6 Å². The molecule has 0 atom stereocenters. The molecule has 11 heteroatoms. The zero-order valence-corrected chi connectivity index (χ0v) is 16.4. The lowest BCUT2D eigenvalue weighted by molar-refractivity contribution is -0.384. The van der Waals surface area contributed by atoms with Gasteiger partial charge in [-0.25, -0.2) is 4.68 Å². The summed E-state index contributed by atoms with van der Waals surface area (Å²) in [6.07, 6.45) is 3.67. The van der Waals surface area contributed by atoms with Crippen LogP contribution in [0.1, 0.15) is 18.0 Å². The predicted molar refractivity (Wildman–Crippen MR) is 109 cm³/mol. The van der Waals surface area contributed by atoms with E-state index in [2.05, 4.69) is 25.5 Å². The molecule has 0 radical (unpaired) electrons. The van der Waals surface area contributed by atoms with Gasteiger partial charge in [-0.1, -0.05) is 5.16 Å². The summed E-state index contributed by atoms with van der Waals surface area (Å²) < 4.78 is 6.72. The van der Waals surface area contributed by atoms with Gasteiger partial charge >= 0.3 is 0 Å². The summed E-state index contributed by atoms with van der Waals surface area (Å²) in [4.78, 5) is 31.1. The van der Waals surface area contributed by atoms with Crippen LogP contribution < -0.4 is 5.32 Å². The maximum atomic E-state index is 12.5. The lowest BCUT2D eigenvalue weighted by Crippen LogP contribution is -2.15. The number of amides is 1. The van der Waals surface area contributed by atoms with Crippen LogP contribution >= 0.6 is 0 Å². The van der Waals surface area contributed by atoms with Crippen molar-refractivity contribution < 1.29 is 14.2 Å². The molecule has 3 heterocycles. The summed E-state index contributed by atoms with van der Waals surface area (Å²) in [6, 6.07) is 11.2. The van der Waals surface area contributed by atoms with Gasteiger partial charge in [0.05, 0.1) is 16.3 Å². The lowest BCUT2D eigenvalue weighted by Gasteiger charge is -2.08. The van der Waals surface area contributed by atoms with Crippen molar-refractivity contribution in [1.29, 1.82) is 0 Å². The van der Waals surface area contributed by atoms with Gasteiger partial charge in [0.25, 0.3) is 5.69 Å². The molecule has 0 aliphatic carbocycles. The third-order valence-corrected chi connectivity index (χ3v) is 4.36. The van der Waals surface area contributed by atoms with E-state index in [4.69, 9.17) is 4.52 Å². The van der Waals surface area contributed by atoms with Crippen LogP contribution in [0.3, 0.4) is 0 Å². The molecule has 0 unspecified atom stereocenters. The van der Waals surface area contributed by atoms with Gasteiger partial charge in [-0.15, -0.1) is 0 Å². The van der Waals surface area contributed by atoms with Gasteiger partial charge < -0.3 is 9.84 Å². The molecule has 0 spiro atoms. The average molecular weight is 419 g/mol. The Bertz CT molecular complexity index is 1220. The number of nitrogens with one attached hydrogen (secondary N) is 1. The number of aromatic nitrogens is 5. The number of nitro benzene ring substituents is 1. The highest BCUT2D eigenvalue weighted by Crippen LogP contribution is 2.20. The molecular formula is C20H17N7O4.